The second kappa shape index (κ2) is 7.03. The van der Waals surface area contributed by atoms with E-state index in [1.54, 1.807) is 29.4 Å². The number of benzene rings is 2. The molecule has 0 spiro atoms. The predicted octanol–water partition coefficient (Wildman–Crippen LogP) is 3.85. The van der Waals surface area contributed by atoms with Crippen molar-refractivity contribution in [3.63, 3.8) is 0 Å². The molecule has 0 bridgehead atoms. The first kappa shape index (κ1) is 17.0. The Balaban J connectivity index is 1.52. The molecule has 134 valence electrons. The van der Waals surface area contributed by atoms with Gasteiger partial charge in [0.05, 0.1) is 5.56 Å². The molecule has 2 heterocycles. The number of aryl methyl sites for hydroxylation is 1. The lowest BCUT2D eigenvalue weighted by atomic mass is 10.1. The number of rotatable bonds is 3. The Morgan fingerprint density at radius 3 is 2.59 bits per heavy atom. The van der Waals surface area contributed by atoms with Gasteiger partial charge >= 0.3 is 0 Å². The van der Waals surface area contributed by atoms with Crippen LogP contribution in [0, 0.1) is 6.92 Å². The molecule has 5 nitrogen and oxygen atoms in total. The standard InChI is InChI=1S/C22H19N3O2/c1-15-4-6-16(7-5-15)21(26)24-19-8-9-20-17(13-19)10-12-25(20)22(27)18-3-2-11-23-14-18/h2-9,11,13-14H,10,12H2,1H3,(H,24,26). The molecule has 0 radical (unpaired) electrons. The number of hydrogen-bond donors (Lipinski definition) is 1. The fraction of sp³-hybridized carbons (Fsp3) is 0.136. The Morgan fingerprint density at radius 1 is 1.04 bits per heavy atom. The fourth-order valence-electron chi connectivity index (χ4n) is 3.24. The van der Waals surface area contributed by atoms with Crippen LogP contribution in [0.2, 0.25) is 0 Å². The molecule has 2 amide bonds. The van der Waals surface area contributed by atoms with Gasteiger partial charge in [-0.05, 0) is 61.4 Å². The molecule has 1 N–H and O–H groups in total. The summed E-state index contributed by atoms with van der Waals surface area (Å²) >= 11 is 0. The lowest BCUT2D eigenvalue weighted by Crippen LogP contribution is -2.28. The first-order valence-electron chi connectivity index (χ1n) is 8.85. The van der Waals surface area contributed by atoms with E-state index in [0.717, 1.165) is 28.9 Å². The number of fused-ring (bicyclic) bond motifs is 1. The van der Waals surface area contributed by atoms with Crippen molar-refractivity contribution in [2.45, 2.75) is 13.3 Å². The van der Waals surface area contributed by atoms with Crippen LogP contribution >= 0.6 is 0 Å². The highest BCUT2D eigenvalue weighted by Gasteiger charge is 2.26. The van der Waals surface area contributed by atoms with E-state index >= 15 is 0 Å². The van der Waals surface area contributed by atoms with E-state index in [-0.39, 0.29) is 11.8 Å². The minimum Gasteiger partial charge on any atom is -0.322 e. The molecule has 0 unspecified atom stereocenters. The van der Waals surface area contributed by atoms with Crippen molar-refractivity contribution < 1.29 is 9.59 Å². The van der Waals surface area contributed by atoms with Gasteiger partial charge in [0.1, 0.15) is 0 Å². The normalized spacial score (nSPS) is 12.6. The van der Waals surface area contributed by atoms with Gasteiger partial charge in [-0.15, -0.1) is 0 Å². The van der Waals surface area contributed by atoms with Crippen molar-refractivity contribution in [1.29, 1.82) is 0 Å². The summed E-state index contributed by atoms with van der Waals surface area (Å²) in [7, 11) is 0. The largest absolute Gasteiger partial charge is 0.322 e. The van der Waals surface area contributed by atoms with Crippen LogP contribution in [0.5, 0.6) is 0 Å². The van der Waals surface area contributed by atoms with E-state index in [9.17, 15) is 9.59 Å². The maximum absolute atomic E-state index is 12.7. The van der Waals surface area contributed by atoms with E-state index in [1.165, 1.54) is 0 Å². The molecule has 1 aliphatic rings. The van der Waals surface area contributed by atoms with Gasteiger partial charge in [0.2, 0.25) is 0 Å². The van der Waals surface area contributed by atoms with E-state index < -0.39 is 0 Å². The van der Waals surface area contributed by atoms with Crippen molar-refractivity contribution in [2.24, 2.45) is 0 Å². The Hall–Kier alpha value is -3.47. The number of nitrogens with one attached hydrogen (secondary N) is 1. The number of amides is 2. The summed E-state index contributed by atoms with van der Waals surface area (Å²) in [5.41, 5.74) is 4.97. The van der Waals surface area contributed by atoms with Gasteiger partial charge < -0.3 is 10.2 Å². The third kappa shape index (κ3) is 3.44. The maximum Gasteiger partial charge on any atom is 0.259 e. The summed E-state index contributed by atoms with van der Waals surface area (Å²) < 4.78 is 0. The zero-order chi connectivity index (χ0) is 18.8. The third-order valence-electron chi connectivity index (χ3n) is 4.70. The fourth-order valence-corrected chi connectivity index (χ4v) is 3.24. The van der Waals surface area contributed by atoms with Gasteiger partial charge in [-0.1, -0.05) is 17.7 Å². The highest BCUT2D eigenvalue weighted by molar-refractivity contribution is 6.08. The molecule has 0 saturated heterocycles. The SMILES string of the molecule is Cc1ccc(C(=O)Nc2ccc3c(c2)CCN3C(=O)c2cccnc2)cc1. The summed E-state index contributed by atoms with van der Waals surface area (Å²) in [6.07, 6.45) is 3.99. The van der Waals surface area contributed by atoms with Crippen LogP contribution in [0.3, 0.4) is 0 Å². The molecule has 27 heavy (non-hydrogen) atoms. The summed E-state index contributed by atoms with van der Waals surface area (Å²) in [6, 6.07) is 16.6. The summed E-state index contributed by atoms with van der Waals surface area (Å²) in [4.78, 5) is 30.9. The molecule has 3 aromatic rings. The van der Waals surface area contributed by atoms with E-state index in [1.807, 2.05) is 49.4 Å². The second-order valence-electron chi connectivity index (χ2n) is 6.61. The first-order valence-corrected chi connectivity index (χ1v) is 8.85. The van der Waals surface area contributed by atoms with Crippen molar-refractivity contribution >= 4 is 23.2 Å². The molecule has 0 saturated carbocycles. The van der Waals surface area contributed by atoms with Gasteiger partial charge in [-0.3, -0.25) is 14.6 Å². The number of anilines is 2. The molecule has 0 atom stereocenters. The number of aromatic nitrogens is 1. The van der Waals surface area contributed by atoms with Gasteiger partial charge in [0.15, 0.2) is 0 Å². The number of hydrogen-bond acceptors (Lipinski definition) is 3. The third-order valence-corrected chi connectivity index (χ3v) is 4.70. The Morgan fingerprint density at radius 2 is 1.85 bits per heavy atom. The average Bonchev–Trinajstić information content (AvgIpc) is 3.11. The van der Waals surface area contributed by atoms with Crippen molar-refractivity contribution in [3.8, 4) is 0 Å². The van der Waals surface area contributed by atoms with Gasteiger partial charge in [-0.2, -0.15) is 0 Å². The minimum absolute atomic E-state index is 0.0571. The highest BCUT2D eigenvalue weighted by Crippen LogP contribution is 2.31. The van der Waals surface area contributed by atoms with E-state index in [2.05, 4.69) is 10.3 Å². The van der Waals surface area contributed by atoms with Gasteiger partial charge in [0.25, 0.3) is 11.8 Å². The molecular formula is C22H19N3O2. The number of nitrogens with zero attached hydrogens (tertiary/aromatic N) is 2. The smallest absolute Gasteiger partial charge is 0.259 e. The van der Waals surface area contributed by atoms with Crippen LogP contribution in [0.4, 0.5) is 11.4 Å². The summed E-state index contributed by atoms with van der Waals surface area (Å²) in [5.74, 6) is -0.200. The van der Waals surface area contributed by atoms with Crippen LogP contribution in [-0.2, 0) is 6.42 Å². The summed E-state index contributed by atoms with van der Waals surface area (Å²) in [5, 5.41) is 2.93. The van der Waals surface area contributed by atoms with Crippen LogP contribution in [0.25, 0.3) is 0 Å². The lowest BCUT2D eigenvalue weighted by molar-refractivity contribution is 0.0987. The van der Waals surface area contributed by atoms with Gasteiger partial charge in [0, 0.05) is 35.9 Å². The molecular weight excluding hydrogens is 338 g/mol. The molecule has 1 aliphatic heterocycles. The van der Waals surface area contributed by atoms with Crippen molar-refractivity contribution in [3.05, 3.63) is 89.2 Å². The van der Waals surface area contributed by atoms with Crippen molar-refractivity contribution in [2.75, 3.05) is 16.8 Å². The lowest BCUT2D eigenvalue weighted by Gasteiger charge is -2.17. The summed E-state index contributed by atoms with van der Waals surface area (Å²) in [6.45, 7) is 2.61. The minimum atomic E-state index is -0.142. The molecule has 5 heteroatoms. The van der Waals surface area contributed by atoms with Crippen LogP contribution < -0.4 is 10.2 Å². The van der Waals surface area contributed by atoms with Crippen LogP contribution in [0.15, 0.2) is 67.0 Å². The highest BCUT2D eigenvalue weighted by atomic mass is 16.2. The van der Waals surface area contributed by atoms with E-state index in [4.69, 9.17) is 0 Å². The molecule has 4 rings (SSSR count). The number of carbonyl (C=O) groups is 2. The monoisotopic (exact) mass is 357 g/mol. The first-order chi connectivity index (χ1) is 13.1. The molecule has 0 aliphatic carbocycles. The Bertz CT molecular complexity index is 998. The molecule has 0 fully saturated rings. The molecule has 2 aromatic carbocycles. The van der Waals surface area contributed by atoms with Gasteiger partial charge in [-0.25, -0.2) is 0 Å². The molecule has 1 aromatic heterocycles. The number of carbonyl (C=O) groups excluding carboxylic acids is 2. The zero-order valence-electron chi connectivity index (χ0n) is 15.0. The second-order valence-corrected chi connectivity index (χ2v) is 6.61. The van der Waals surface area contributed by atoms with Crippen molar-refractivity contribution in [1.82, 2.24) is 4.98 Å². The Labute approximate surface area is 157 Å². The van der Waals surface area contributed by atoms with Crippen LogP contribution in [-0.4, -0.2) is 23.3 Å². The number of pyridine rings is 1. The average molecular weight is 357 g/mol. The quantitative estimate of drug-likeness (QED) is 0.774. The maximum atomic E-state index is 12.7. The van der Waals surface area contributed by atoms with Crippen LogP contribution in [0.1, 0.15) is 31.8 Å². The Kier molecular flexibility index (Phi) is 4.42. The topological polar surface area (TPSA) is 62.3 Å². The van der Waals surface area contributed by atoms with E-state index in [0.29, 0.717) is 17.7 Å². The predicted molar refractivity (Wildman–Crippen MR) is 105 cm³/mol. The zero-order valence-corrected chi connectivity index (χ0v) is 15.0.